The van der Waals surface area contributed by atoms with Gasteiger partial charge in [-0.15, -0.1) is 0 Å². The third-order valence-corrected chi connectivity index (χ3v) is 3.79. The summed E-state index contributed by atoms with van der Waals surface area (Å²) in [7, 11) is 0. The predicted octanol–water partition coefficient (Wildman–Crippen LogP) is 3.07. The number of amides is 1. The minimum atomic E-state index is -0.175. The lowest BCUT2D eigenvalue weighted by Crippen LogP contribution is -2.46. The molecule has 3 nitrogen and oxygen atoms in total. The summed E-state index contributed by atoms with van der Waals surface area (Å²) >= 11 is 0. The Hall–Kier alpha value is -1.51. The van der Waals surface area contributed by atoms with Gasteiger partial charge in [0.2, 0.25) is 5.91 Å². The first-order valence-corrected chi connectivity index (χ1v) is 6.59. The van der Waals surface area contributed by atoms with Gasteiger partial charge >= 0.3 is 0 Å². The van der Waals surface area contributed by atoms with Crippen LogP contribution in [0, 0.1) is 0 Å². The molecule has 0 fully saturated rings. The van der Waals surface area contributed by atoms with Gasteiger partial charge in [-0.05, 0) is 44.4 Å². The number of carbonyl (C=O) groups excluding carboxylic acids is 1. The van der Waals surface area contributed by atoms with Crippen LogP contribution in [0.25, 0.3) is 0 Å². The van der Waals surface area contributed by atoms with E-state index in [-0.39, 0.29) is 17.4 Å². The molecule has 0 heterocycles. The van der Waals surface area contributed by atoms with Gasteiger partial charge in [0.1, 0.15) is 0 Å². The second-order valence-corrected chi connectivity index (χ2v) is 5.15. The van der Waals surface area contributed by atoms with Crippen LogP contribution in [0.3, 0.4) is 0 Å². The van der Waals surface area contributed by atoms with Gasteiger partial charge in [0.05, 0.1) is 5.92 Å². The smallest absolute Gasteiger partial charge is 0.227 e. The summed E-state index contributed by atoms with van der Waals surface area (Å²) in [6.45, 7) is 8.18. The third kappa shape index (κ3) is 3.49. The fourth-order valence-corrected chi connectivity index (χ4v) is 1.81. The Morgan fingerprint density at radius 1 is 1.39 bits per heavy atom. The zero-order valence-electron chi connectivity index (χ0n) is 11.8. The van der Waals surface area contributed by atoms with E-state index in [1.807, 2.05) is 31.2 Å². The molecule has 3 heteroatoms. The van der Waals surface area contributed by atoms with E-state index >= 15 is 0 Å². The molecule has 0 spiro atoms. The van der Waals surface area contributed by atoms with Crippen molar-refractivity contribution in [2.24, 2.45) is 0 Å². The fourth-order valence-electron chi connectivity index (χ4n) is 1.81. The molecule has 0 bridgehead atoms. The Balaban J connectivity index is 2.79. The number of nitrogens with one attached hydrogen (secondary N) is 1. The molecule has 1 amide bonds. The van der Waals surface area contributed by atoms with Crippen LogP contribution in [0.2, 0.25) is 0 Å². The summed E-state index contributed by atoms with van der Waals surface area (Å²) in [5, 5.41) is 3.13. The number of nitrogens with two attached hydrogens (primary N) is 1. The number of benzene rings is 1. The average Bonchev–Trinajstić information content (AvgIpc) is 2.37. The van der Waals surface area contributed by atoms with Crippen molar-refractivity contribution in [2.75, 3.05) is 5.73 Å². The second-order valence-electron chi connectivity index (χ2n) is 5.15. The van der Waals surface area contributed by atoms with Crippen molar-refractivity contribution >= 4 is 11.6 Å². The molecule has 1 unspecified atom stereocenters. The zero-order chi connectivity index (χ0) is 13.8. The molecule has 1 atom stereocenters. The van der Waals surface area contributed by atoms with Gasteiger partial charge in [0, 0.05) is 11.2 Å². The number of anilines is 1. The van der Waals surface area contributed by atoms with Gasteiger partial charge in [-0.25, -0.2) is 0 Å². The van der Waals surface area contributed by atoms with E-state index in [0.717, 1.165) is 18.4 Å². The normalized spacial score (nSPS) is 13.1. The molecule has 3 N–H and O–H groups in total. The maximum absolute atomic E-state index is 12.2. The summed E-state index contributed by atoms with van der Waals surface area (Å²) in [5.41, 5.74) is 7.28. The highest BCUT2D eigenvalue weighted by Gasteiger charge is 2.25. The van der Waals surface area contributed by atoms with Crippen molar-refractivity contribution in [3.05, 3.63) is 29.8 Å². The minimum absolute atomic E-state index is 0.0619. The Bertz CT molecular complexity index is 411. The van der Waals surface area contributed by atoms with Gasteiger partial charge < -0.3 is 11.1 Å². The van der Waals surface area contributed by atoms with E-state index in [4.69, 9.17) is 5.73 Å². The van der Waals surface area contributed by atoms with Crippen molar-refractivity contribution in [2.45, 2.75) is 52.0 Å². The molecule has 0 aliphatic rings. The molecule has 100 valence electrons. The highest BCUT2D eigenvalue weighted by molar-refractivity contribution is 5.84. The molecule has 0 saturated carbocycles. The molecule has 0 saturated heterocycles. The summed E-state index contributed by atoms with van der Waals surface area (Å²) in [5.74, 6) is -0.113. The molecular formula is C15H24N2O. The fraction of sp³-hybridized carbons (Fsp3) is 0.533. The van der Waals surface area contributed by atoms with Gasteiger partial charge in [-0.3, -0.25) is 4.79 Å². The van der Waals surface area contributed by atoms with E-state index in [0.29, 0.717) is 5.69 Å². The summed E-state index contributed by atoms with van der Waals surface area (Å²) in [6.07, 6.45) is 1.86. The van der Waals surface area contributed by atoms with Crippen LogP contribution in [0.1, 0.15) is 52.0 Å². The van der Waals surface area contributed by atoms with Crippen molar-refractivity contribution < 1.29 is 4.79 Å². The van der Waals surface area contributed by atoms with Crippen LogP contribution >= 0.6 is 0 Å². The lowest BCUT2D eigenvalue weighted by molar-refractivity contribution is -0.124. The van der Waals surface area contributed by atoms with Crippen LogP contribution in [0.4, 0.5) is 5.69 Å². The maximum atomic E-state index is 12.2. The standard InChI is InChI=1S/C15H24N2O/c1-5-15(4,6-2)17-14(18)11(3)12-8-7-9-13(16)10-12/h7-11H,5-6,16H2,1-4H3,(H,17,18). The van der Waals surface area contributed by atoms with E-state index in [1.54, 1.807) is 0 Å². The number of hydrogen-bond acceptors (Lipinski definition) is 2. The largest absolute Gasteiger partial charge is 0.399 e. The zero-order valence-corrected chi connectivity index (χ0v) is 11.8. The van der Waals surface area contributed by atoms with Gasteiger partial charge in [-0.1, -0.05) is 26.0 Å². The molecule has 1 aromatic carbocycles. The SMILES string of the molecule is CCC(C)(CC)NC(=O)C(C)c1cccc(N)c1. The van der Waals surface area contributed by atoms with E-state index in [2.05, 4.69) is 26.1 Å². The molecule has 0 aliphatic heterocycles. The van der Waals surface area contributed by atoms with E-state index < -0.39 is 0 Å². The first-order chi connectivity index (χ1) is 8.41. The number of hydrogen-bond donors (Lipinski definition) is 2. The van der Waals surface area contributed by atoms with Gasteiger partial charge in [-0.2, -0.15) is 0 Å². The quantitative estimate of drug-likeness (QED) is 0.787. The molecule has 0 aromatic heterocycles. The lowest BCUT2D eigenvalue weighted by atomic mass is 9.93. The van der Waals surface area contributed by atoms with Crippen LogP contribution in [-0.4, -0.2) is 11.4 Å². The molecule has 1 aromatic rings. The highest BCUT2D eigenvalue weighted by Crippen LogP contribution is 2.21. The third-order valence-electron chi connectivity index (χ3n) is 3.79. The van der Waals surface area contributed by atoms with Crippen molar-refractivity contribution in [3.63, 3.8) is 0 Å². The van der Waals surface area contributed by atoms with Crippen LogP contribution in [-0.2, 0) is 4.79 Å². The Kier molecular flexibility index (Phi) is 4.76. The summed E-state index contributed by atoms with van der Waals surface area (Å²) in [4.78, 5) is 12.2. The highest BCUT2D eigenvalue weighted by atomic mass is 16.2. The Morgan fingerprint density at radius 2 is 2.00 bits per heavy atom. The number of nitrogen functional groups attached to an aromatic ring is 1. The number of rotatable bonds is 5. The molecule has 0 aliphatic carbocycles. The minimum Gasteiger partial charge on any atom is -0.399 e. The summed E-state index contributed by atoms with van der Waals surface area (Å²) < 4.78 is 0. The lowest BCUT2D eigenvalue weighted by Gasteiger charge is -2.30. The average molecular weight is 248 g/mol. The Morgan fingerprint density at radius 3 is 2.50 bits per heavy atom. The number of carbonyl (C=O) groups is 1. The van der Waals surface area contributed by atoms with E-state index in [1.165, 1.54) is 0 Å². The molecular weight excluding hydrogens is 224 g/mol. The predicted molar refractivity (Wildman–Crippen MR) is 76.4 cm³/mol. The monoisotopic (exact) mass is 248 g/mol. The van der Waals surface area contributed by atoms with Crippen LogP contribution < -0.4 is 11.1 Å². The van der Waals surface area contributed by atoms with Crippen LogP contribution in [0.5, 0.6) is 0 Å². The first-order valence-electron chi connectivity index (χ1n) is 6.59. The first kappa shape index (κ1) is 14.6. The van der Waals surface area contributed by atoms with E-state index in [9.17, 15) is 4.79 Å². The topological polar surface area (TPSA) is 55.1 Å². The molecule has 18 heavy (non-hydrogen) atoms. The van der Waals surface area contributed by atoms with Crippen molar-refractivity contribution in [1.82, 2.24) is 5.32 Å². The van der Waals surface area contributed by atoms with Crippen molar-refractivity contribution in [3.8, 4) is 0 Å². The Labute approximate surface area is 110 Å². The second kappa shape index (κ2) is 5.89. The van der Waals surface area contributed by atoms with Crippen molar-refractivity contribution in [1.29, 1.82) is 0 Å². The van der Waals surface area contributed by atoms with Gasteiger partial charge in [0.15, 0.2) is 0 Å². The maximum Gasteiger partial charge on any atom is 0.227 e. The summed E-state index contributed by atoms with van der Waals surface area (Å²) in [6, 6.07) is 7.51. The van der Waals surface area contributed by atoms with Gasteiger partial charge in [0.25, 0.3) is 0 Å². The molecule has 1 rings (SSSR count). The molecule has 0 radical (unpaired) electrons. The van der Waals surface area contributed by atoms with Crippen LogP contribution in [0.15, 0.2) is 24.3 Å².